The number of hydrogen-bond acceptors (Lipinski definition) is 2. The fraction of sp³-hybridized carbons (Fsp3) is 0.533. The van der Waals surface area contributed by atoms with Gasteiger partial charge in [0.25, 0.3) is 0 Å². The molecule has 0 saturated carbocycles. The van der Waals surface area contributed by atoms with Crippen LogP contribution in [0.2, 0.25) is 0 Å². The highest BCUT2D eigenvalue weighted by Crippen LogP contribution is 2.07. The number of carbonyl (C=O) groups excluding carboxylic acids is 1. The van der Waals surface area contributed by atoms with Crippen LogP contribution in [0.4, 0.5) is 0 Å². The zero-order valence-electron chi connectivity index (χ0n) is 11.4. The lowest BCUT2D eigenvalue weighted by atomic mass is 10.1. The van der Waals surface area contributed by atoms with Gasteiger partial charge in [-0.05, 0) is 36.9 Å². The number of aryl methyl sites for hydroxylation is 1. The molecule has 0 aromatic heterocycles. The Balaban J connectivity index is 0.00000180. The van der Waals surface area contributed by atoms with Crippen LogP contribution in [0.1, 0.15) is 30.9 Å². The maximum Gasteiger partial charge on any atom is 0.224 e. The van der Waals surface area contributed by atoms with Crippen LogP contribution in [-0.2, 0) is 17.6 Å². The normalized spacial score (nSPS) is 18.5. The van der Waals surface area contributed by atoms with Gasteiger partial charge in [0, 0.05) is 12.6 Å². The minimum atomic E-state index is 0. The summed E-state index contributed by atoms with van der Waals surface area (Å²) in [5.41, 5.74) is 2.41. The van der Waals surface area contributed by atoms with Gasteiger partial charge in [-0.15, -0.1) is 12.4 Å². The fourth-order valence-electron chi connectivity index (χ4n) is 2.33. The van der Waals surface area contributed by atoms with Crippen molar-refractivity contribution in [2.45, 2.75) is 38.6 Å². The largest absolute Gasteiger partial charge is 0.352 e. The molecule has 2 N–H and O–H groups in total. The summed E-state index contributed by atoms with van der Waals surface area (Å²) in [5, 5.41) is 6.40. The van der Waals surface area contributed by atoms with Gasteiger partial charge in [0.05, 0.1) is 6.42 Å². The summed E-state index contributed by atoms with van der Waals surface area (Å²) in [6.07, 6.45) is 3.77. The van der Waals surface area contributed by atoms with Crippen LogP contribution in [0.5, 0.6) is 0 Å². The molecule has 106 valence electrons. The summed E-state index contributed by atoms with van der Waals surface area (Å²) in [5.74, 6) is 0.132. The van der Waals surface area contributed by atoms with Gasteiger partial charge in [-0.1, -0.05) is 31.2 Å². The smallest absolute Gasteiger partial charge is 0.224 e. The van der Waals surface area contributed by atoms with Crippen LogP contribution in [0.15, 0.2) is 24.3 Å². The Morgan fingerprint density at radius 1 is 1.32 bits per heavy atom. The van der Waals surface area contributed by atoms with E-state index in [0.29, 0.717) is 12.5 Å². The first-order valence-corrected chi connectivity index (χ1v) is 6.86. The number of hydrogen-bond donors (Lipinski definition) is 2. The van der Waals surface area contributed by atoms with Crippen molar-refractivity contribution in [2.75, 3.05) is 13.1 Å². The van der Waals surface area contributed by atoms with E-state index in [2.05, 4.69) is 41.8 Å². The summed E-state index contributed by atoms with van der Waals surface area (Å²) in [7, 11) is 0. The minimum Gasteiger partial charge on any atom is -0.352 e. The first-order chi connectivity index (χ1) is 8.78. The van der Waals surface area contributed by atoms with E-state index in [4.69, 9.17) is 0 Å². The van der Waals surface area contributed by atoms with Crippen molar-refractivity contribution >= 4 is 18.3 Å². The van der Waals surface area contributed by atoms with Crippen LogP contribution < -0.4 is 10.6 Å². The topological polar surface area (TPSA) is 41.1 Å². The molecule has 1 amide bonds. The highest BCUT2D eigenvalue weighted by atomic mass is 35.5. The first kappa shape index (κ1) is 16.0. The fourth-order valence-corrected chi connectivity index (χ4v) is 2.33. The third-order valence-corrected chi connectivity index (χ3v) is 3.46. The van der Waals surface area contributed by atoms with Gasteiger partial charge in [-0.25, -0.2) is 0 Å². The Bertz CT molecular complexity index is 386. The molecule has 4 heteroatoms. The molecule has 1 aliphatic rings. The average molecular weight is 283 g/mol. The van der Waals surface area contributed by atoms with E-state index in [-0.39, 0.29) is 18.3 Å². The van der Waals surface area contributed by atoms with Crippen LogP contribution in [-0.4, -0.2) is 25.0 Å². The molecule has 1 aromatic rings. The highest BCUT2D eigenvalue weighted by molar-refractivity contribution is 5.85. The SMILES string of the molecule is CCc1ccc(CC(=O)N[C@H]2CCCNC2)cc1.Cl. The number of amides is 1. The molecule has 2 rings (SSSR count). The Morgan fingerprint density at radius 2 is 2.00 bits per heavy atom. The third kappa shape index (κ3) is 5.21. The van der Waals surface area contributed by atoms with Gasteiger partial charge in [-0.3, -0.25) is 4.79 Å². The molecule has 0 spiro atoms. The molecule has 0 aliphatic carbocycles. The summed E-state index contributed by atoms with van der Waals surface area (Å²) in [6.45, 7) is 4.11. The number of benzene rings is 1. The van der Waals surface area contributed by atoms with Gasteiger partial charge in [0.2, 0.25) is 5.91 Å². The predicted octanol–water partition coefficient (Wildman–Crippen LogP) is 2.08. The monoisotopic (exact) mass is 282 g/mol. The Kier molecular flexibility index (Phi) is 6.89. The molecule has 1 aromatic carbocycles. The molecule has 19 heavy (non-hydrogen) atoms. The van der Waals surface area contributed by atoms with Gasteiger partial charge in [0.15, 0.2) is 0 Å². The molecule has 0 unspecified atom stereocenters. The molecule has 1 heterocycles. The molecular formula is C15H23ClN2O. The standard InChI is InChI=1S/C15H22N2O.ClH/c1-2-12-5-7-13(8-6-12)10-15(18)17-14-4-3-9-16-11-14;/h5-8,14,16H,2-4,9-11H2,1H3,(H,17,18);1H/t14-;/m0./s1. The van der Waals surface area contributed by atoms with Gasteiger partial charge >= 0.3 is 0 Å². The van der Waals surface area contributed by atoms with Gasteiger partial charge < -0.3 is 10.6 Å². The summed E-state index contributed by atoms with van der Waals surface area (Å²) in [6, 6.07) is 8.62. The van der Waals surface area contributed by atoms with Crippen molar-refractivity contribution in [1.82, 2.24) is 10.6 Å². The summed E-state index contributed by atoms with van der Waals surface area (Å²) in [4.78, 5) is 11.9. The van der Waals surface area contributed by atoms with E-state index in [9.17, 15) is 4.79 Å². The lowest BCUT2D eigenvalue weighted by Crippen LogP contribution is -2.46. The van der Waals surface area contributed by atoms with Crippen molar-refractivity contribution in [3.63, 3.8) is 0 Å². The van der Waals surface area contributed by atoms with Crippen molar-refractivity contribution in [2.24, 2.45) is 0 Å². The molecule has 1 fully saturated rings. The number of nitrogens with one attached hydrogen (secondary N) is 2. The van der Waals surface area contributed by atoms with Crippen molar-refractivity contribution in [3.05, 3.63) is 35.4 Å². The van der Waals surface area contributed by atoms with Crippen LogP contribution in [0.25, 0.3) is 0 Å². The van der Waals surface area contributed by atoms with E-state index in [1.54, 1.807) is 0 Å². The lowest BCUT2D eigenvalue weighted by molar-refractivity contribution is -0.121. The number of carbonyl (C=O) groups is 1. The van der Waals surface area contributed by atoms with Crippen LogP contribution in [0, 0.1) is 0 Å². The van der Waals surface area contributed by atoms with E-state index < -0.39 is 0 Å². The van der Waals surface area contributed by atoms with E-state index in [1.807, 2.05) is 0 Å². The van der Waals surface area contributed by atoms with E-state index >= 15 is 0 Å². The number of piperidine rings is 1. The highest BCUT2D eigenvalue weighted by Gasteiger charge is 2.15. The molecule has 1 aliphatic heterocycles. The minimum absolute atomic E-state index is 0. The summed E-state index contributed by atoms with van der Waals surface area (Å²) < 4.78 is 0. The Labute approximate surface area is 121 Å². The number of rotatable bonds is 4. The van der Waals surface area contributed by atoms with Gasteiger partial charge in [0.1, 0.15) is 0 Å². The maximum atomic E-state index is 11.9. The molecule has 3 nitrogen and oxygen atoms in total. The summed E-state index contributed by atoms with van der Waals surface area (Å²) >= 11 is 0. The third-order valence-electron chi connectivity index (χ3n) is 3.46. The average Bonchev–Trinajstić information content (AvgIpc) is 2.40. The first-order valence-electron chi connectivity index (χ1n) is 6.86. The van der Waals surface area contributed by atoms with E-state index in [0.717, 1.165) is 37.9 Å². The molecular weight excluding hydrogens is 260 g/mol. The zero-order valence-corrected chi connectivity index (χ0v) is 12.3. The molecule has 1 saturated heterocycles. The Hall–Kier alpha value is -1.06. The van der Waals surface area contributed by atoms with Crippen LogP contribution in [0.3, 0.4) is 0 Å². The Morgan fingerprint density at radius 3 is 2.58 bits per heavy atom. The van der Waals surface area contributed by atoms with E-state index in [1.165, 1.54) is 5.56 Å². The van der Waals surface area contributed by atoms with Gasteiger partial charge in [-0.2, -0.15) is 0 Å². The second kappa shape index (κ2) is 8.18. The second-order valence-corrected chi connectivity index (χ2v) is 4.96. The number of halogens is 1. The van der Waals surface area contributed by atoms with Crippen LogP contribution >= 0.6 is 12.4 Å². The second-order valence-electron chi connectivity index (χ2n) is 4.96. The lowest BCUT2D eigenvalue weighted by Gasteiger charge is -2.23. The van der Waals surface area contributed by atoms with Crippen molar-refractivity contribution in [1.29, 1.82) is 0 Å². The zero-order chi connectivity index (χ0) is 12.8. The molecule has 1 atom stereocenters. The maximum absolute atomic E-state index is 11.9. The quantitative estimate of drug-likeness (QED) is 0.888. The molecule has 0 bridgehead atoms. The van der Waals surface area contributed by atoms with Crippen molar-refractivity contribution < 1.29 is 4.79 Å². The predicted molar refractivity (Wildman–Crippen MR) is 80.8 cm³/mol. The molecule has 0 radical (unpaired) electrons. The van der Waals surface area contributed by atoms with Crippen molar-refractivity contribution in [3.8, 4) is 0 Å².